The van der Waals surface area contributed by atoms with Crippen LogP contribution in [0.5, 0.6) is 0 Å². The van der Waals surface area contributed by atoms with Crippen LogP contribution in [0.2, 0.25) is 17.3 Å². The number of rotatable bonds is 6. The van der Waals surface area contributed by atoms with E-state index in [1.54, 1.807) is 9.96 Å². The van der Waals surface area contributed by atoms with Gasteiger partial charge in [-0.05, 0) is 0 Å². The first kappa shape index (κ1) is 19.2. The molecule has 0 bridgehead atoms. The molecule has 1 unspecified atom stereocenters. The van der Waals surface area contributed by atoms with Crippen molar-refractivity contribution in [3.05, 3.63) is 48.2 Å². The Labute approximate surface area is 151 Å². The molecular formula is C22H33GeN. The summed E-state index contributed by atoms with van der Waals surface area (Å²) < 4.78 is 1.57. The normalized spacial score (nSPS) is 13.8. The van der Waals surface area contributed by atoms with Gasteiger partial charge in [0, 0.05) is 0 Å². The maximum absolute atomic E-state index is 4.84. The van der Waals surface area contributed by atoms with E-state index in [1.807, 2.05) is 0 Å². The number of nitrogens with zero attached hydrogens (tertiary/aromatic N) is 1. The molecular weight excluding hydrogens is 351 g/mol. The van der Waals surface area contributed by atoms with Gasteiger partial charge in [0.25, 0.3) is 0 Å². The summed E-state index contributed by atoms with van der Waals surface area (Å²) in [5, 5.41) is 0. The van der Waals surface area contributed by atoms with Crippen molar-refractivity contribution in [1.82, 2.24) is 4.98 Å². The number of pyridine rings is 1. The molecule has 1 nitrogen and oxygen atoms in total. The molecule has 2 rings (SSSR count). The number of aromatic nitrogens is 1. The molecule has 0 N–H and O–H groups in total. The fourth-order valence-corrected chi connectivity index (χ4v) is 6.83. The second kappa shape index (κ2) is 7.43. The maximum atomic E-state index is 4.84. The van der Waals surface area contributed by atoms with Gasteiger partial charge >= 0.3 is 151 Å². The second-order valence-electron chi connectivity index (χ2n) is 8.36. The van der Waals surface area contributed by atoms with Crippen LogP contribution < -0.4 is 4.40 Å². The van der Waals surface area contributed by atoms with Gasteiger partial charge in [0.05, 0.1) is 0 Å². The van der Waals surface area contributed by atoms with E-state index in [-0.39, 0.29) is 0 Å². The van der Waals surface area contributed by atoms with Crippen LogP contribution in [0.1, 0.15) is 52.0 Å². The van der Waals surface area contributed by atoms with E-state index in [9.17, 15) is 0 Å². The van der Waals surface area contributed by atoms with Crippen LogP contribution in [-0.2, 0) is 0 Å². The van der Waals surface area contributed by atoms with Crippen LogP contribution in [0.25, 0.3) is 11.3 Å². The third-order valence-corrected chi connectivity index (χ3v) is 10.2. The summed E-state index contributed by atoms with van der Waals surface area (Å²) >= 11 is -1.97. The minimum atomic E-state index is -1.97. The molecule has 0 amide bonds. The van der Waals surface area contributed by atoms with Crippen molar-refractivity contribution in [3.63, 3.8) is 0 Å². The first-order chi connectivity index (χ1) is 11.2. The summed E-state index contributed by atoms with van der Waals surface area (Å²) in [6.07, 6.45) is 4.62. The van der Waals surface area contributed by atoms with Crippen LogP contribution in [0.4, 0.5) is 0 Å². The van der Waals surface area contributed by atoms with Gasteiger partial charge in [-0.2, -0.15) is 0 Å². The first-order valence-electron chi connectivity index (χ1n) is 9.28. The Morgan fingerprint density at radius 1 is 1.04 bits per heavy atom. The summed E-state index contributed by atoms with van der Waals surface area (Å²) in [5.41, 5.74) is 4.22. The van der Waals surface area contributed by atoms with Gasteiger partial charge in [0.1, 0.15) is 0 Å². The molecule has 0 saturated heterocycles. The van der Waals surface area contributed by atoms with E-state index in [1.165, 1.54) is 18.4 Å². The van der Waals surface area contributed by atoms with Crippen LogP contribution >= 0.6 is 0 Å². The Balaban J connectivity index is 2.61. The first-order valence-corrected chi connectivity index (χ1v) is 16.6. The molecule has 130 valence electrons. The average molecular weight is 384 g/mol. The van der Waals surface area contributed by atoms with E-state index in [0.717, 1.165) is 5.69 Å². The van der Waals surface area contributed by atoms with Crippen molar-refractivity contribution >= 4 is 17.7 Å². The molecule has 0 radical (unpaired) electrons. The zero-order valence-electron chi connectivity index (χ0n) is 16.5. The summed E-state index contributed by atoms with van der Waals surface area (Å²) in [4.78, 5) is 4.84. The summed E-state index contributed by atoms with van der Waals surface area (Å²) in [5.74, 6) is 7.98. The van der Waals surface area contributed by atoms with Gasteiger partial charge in [0.2, 0.25) is 0 Å². The summed E-state index contributed by atoms with van der Waals surface area (Å²) in [6, 6.07) is 13.0. The Morgan fingerprint density at radius 3 is 2.12 bits per heavy atom. The number of benzene rings is 1. The monoisotopic (exact) mass is 385 g/mol. The van der Waals surface area contributed by atoms with Crippen LogP contribution in [0.3, 0.4) is 0 Å². The SMILES string of the molecule is CCC(C)(CC)C(C)c1cc(-c2ccccc2)nc[c]1[Ge]([CH3])([CH3])[CH3]. The molecule has 1 aromatic carbocycles. The van der Waals surface area contributed by atoms with Gasteiger partial charge < -0.3 is 0 Å². The fourth-order valence-electron chi connectivity index (χ4n) is 3.46. The summed E-state index contributed by atoms with van der Waals surface area (Å²) in [7, 11) is 0. The van der Waals surface area contributed by atoms with Gasteiger partial charge in [0.15, 0.2) is 0 Å². The van der Waals surface area contributed by atoms with Gasteiger partial charge in [-0.15, -0.1) is 0 Å². The molecule has 2 heteroatoms. The predicted molar refractivity (Wildman–Crippen MR) is 110 cm³/mol. The molecule has 0 spiro atoms. The van der Waals surface area contributed by atoms with Crippen molar-refractivity contribution in [1.29, 1.82) is 0 Å². The van der Waals surface area contributed by atoms with Crippen molar-refractivity contribution in [2.24, 2.45) is 5.41 Å². The molecule has 0 aliphatic rings. The molecule has 0 aliphatic heterocycles. The van der Waals surface area contributed by atoms with Gasteiger partial charge in [-0.1, -0.05) is 0 Å². The zero-order chi connectivity index (χ0) is 18.0. The van der Waals surface area contributed by atoms with Crippen molar-refractivity contribution in [3.8, 4) is 11.3 Å². The van der Waals surface area contributed by atoms with E-state index in [4.69, 9.17) is 4.98 Å². The Morgan fingerprint density at radius 2 is 1.62 bits per heavy atom. The standard InChI is InChI=1S/C22H33GeN/c1-8-22(4,9-2)17(3)19-15-21(18-13-11-10-12-14-18)24-16-20(19)23(5,6)7/h10-17H,8-9H2,1-7H3. The Hall–Kier alpha value is -1.09. The van der Waals surface area contributed by atoms with Crippen molar-refractivity contribution < 1.29 is 0 Å². The van der Waals surface area contributed by atoms with Gasteiger partial charge in [-0.25, -0.2) is 0 Å². The molecule has 0 aliphatic carbocycles. The van der Waals surface area contributed by atoms with Crippen LogP contribution in [-0.4, -0.2) is 18.3 Å². The minimum absolute atomic E-state index is 0.345. The predicted octanol–water partition coefficient (Wildman–Crippen LogP) is 6.22. The average Bonchev–Trinajstić information content (AvgIpc) is 2.59. The molecule has 24 heavy (non-hydrogen) atoms. The fraction of sp³-hybridized carbons (Fsp3) is 0.500. The van der Waals surface area contributed by atoms with E-state index in [0.29, 0.717) is 11.3 Å². The van der Waals surface area contributed by atoms with Crippen molar-refractivity contribution in [2.45, 2.75) is 63.7 Å². The third-order valence-electron chi connectivity index (χ3n) is 5.94. The quantitative estimate of drug-likeness (QED) is 0.539. The zero-order valence-corrected chi connectivity index (χ0v) is 18.6. The van der Waals surface area contributed by atoms with Crippen LogP contribution in [0, 0.1) is 5.41 Å². The summed E-state index contributed by atoms with van der Waals surface area (Å²) in [6.45, 7) is 9.53. The second-order valence-corrected chi connectivity index (χ2v) is 18.9. The molecule has 1 heterocycles. The molecule has 2 aromatic rings. The topological polar surface area (TPSA) is 12.9 Å². The molecule has 0 saturated carbocycles. The van der Waals surface area contributed by atoms with Crippen molar-refractivity contribution in [2.75, 3.05) is 0 Å². The molecule has 1 aromatic heterocycles. The molecule has 0 fully saturated rings. The Kier molecular flexibility index (Phi) is 5.96. The Bertz CT molecular complexity index is 666. The van der Waals surface area contributed by atoms with E-state index >= 15 is 0 Å². The van der Waals surface area contributed by atoms with Gasteiger partial charge in [-0.3, -0.25) is 0 Å². The van der Waals surface area contributed by atoms with E-state index < -0.39 is 13.3 Å². The number of hydrogen-bond donors (Lipinski definition) is 0. The number of hydrogen-bond acceptors (Lipinski definition) is 1. The van der Waals surface area contributed by atoms with Crippen LogP contribution in [0.15, 0.2) is 42.6 Å². The third kappa shape index (κ3) is 3.93. The molecule has 1 atom stereocenters. The van der Waals surface area contributed by atoms with E-state index in [2.05, 4.69) is 87.6 Å².